The summed E-state index contributed by atoms with van der Waals surface area (Å²) in [6, 6.07) is 6.80. The van der Waals surface area contributed by atoms with Gasteiger partial charge in [-0.25, -0.2) is 4.98 Å². The number of rotatable bonds is 3. The lowest BCUT2D eigenvalue weighted by Crippen LogP contribution is -2.04. The number of benzene rings is 1. The number of hydrogen-bond donors (Lipinski definition) is 2. The molecule has 0 aliphatic carbocycles. The average Bonchev–Trinajstić information content (AvgIpc) is 2.62. The predicted octanol–water partition coefficient (Wildman–Crippen LogP) is 2.08. The van der Waals surface area contributed by atoms with E-state index in [0.29, 0.717) is 12.4 Å². The van der Waals surface area contributed by atoms with Crippen molar-refractivity contribution >= 4 is 0 Å². The third kappa shape index (κ3) is 2.06. The van der Waals surface area contributed by atoms with Crippen LogP contribution in [0.25, 0.3) is 11.5 Å². The summed E-state index contributed by atoms with van der Waals surface area (Å²) in [7, 11) is 1.86. The van der Waals surface area contributed by atoms with Crippen molar-refractivity contribution in [1.82, 2.24) is 10.3 Å². The summed E-state index contributed by atoms with van der Waals surface area (Å²) in [5, 5.41) is 12.2. The maximum atomic E-state index is 9.19. The fraction of sp³-hybridized carbons (Fsp3) is 0.250. The van der Waals surface area contributed by atoms with Crippen molar-refractivity contribution in [1.29, 1.82) is 0 Å². The van der Waals surface area contributed by atoms with E-state index in [-0.39, 0.29) is 5.75 Å². The molecule has 4 heteroatoms. The zero-order chi connectivity index (χ0) is 11.5. The quantitative estimate of drug-likeness (QED) is 0.828. The molecule has 0 unspecified atom stereocenters. The second-order valence-corrected chi connectivity index (χ2v) is 3.60. The van der Waals surface area contributed by atoms with Crippen LogP contribution in [-0.2, 0) is 6.54 Å². The second-order valence-electron chi connectivity index (χ2n) is 3.60. The highest BCUT2D eigenvalue weighted by molar-refractivity contribution is 5.54. The van der Waals surface area contributed by atoms with E-state index in [4.69, 9.17) is 4.42 Å². The molecule has 4 nitrogen and oxygen atoms in total. The van der Waals surface area contributed by atoms with E-state index < -0.39 is 0 Å². The zero-order valence-corrected chi connectivity index (χ0v) is 9.32. The van der Waals surface area contributed by atoms with Crippen LogP contribution in [0.1, 0.15) is 11.5 Å². The number of phenolic OH excluding ortho intramolecular Hbond substituents is 1. The van der Waals surface area contributed by atoms with Crippen LogP contribution in [0.4, 0.5) is 0 Å². The number of aryl methyl sites for hydroxylation is 1. The normalized spacial score (nSPS) is 10.6. The molecular weight excluding hydrogens is 204 g/mol. The summed E-state index contributed by atoms with van der Waals surface area (Å²) >= 11 is 0. The van der Waals surface area contributed by atoms with E-state index in [1.54, 1.807) is 24.3 Å². The van der Waals surface area contributed by atoms with Crippen molar-refractivity contribution in [3.63, 3.8) is 0 Å². The molecule has 0 spiro atoms. The molecule has 2 N–H and O–H groups in total. The Hall–Kier alpha value is -1.81. The maximum absolute atomic E-state index is 9.19. The Kier molecular flexibility index (Phi) is 2.92. The Labute approximate surface area is 93.9 Å². The van der Waals surface area contributed by atoms with Gasteiger partial charge in [0.2, 0.25) is 5.89 Å². The number of nitrogens with zero attached hydrogens (tertiary/aromatic N) is 1. The lowest BCUT2D eigenvalue weighted by molar-refractivity contribution is 0.475. The number of phenols is 1. The third-order valence-corrected chi connectivity index (χ3v) is 2.34. The van der Waals surface area contributed by atoms with Gasteiger partial charge in [0.25, 0.3) is 0 Å². The van der Waals surface area contributed by atoms with E-state index in [1.165, 1.54) is 0 Å². The van der Waals surface area contributed by atoms with Crippen LogP contribution in [0.5, 0.6) is 5.75 Å². The Morgan fingerprint density at radius 1 is 1.31 bits per heavy atom. The number of aromatic hydroxyl groups is 1. The first-order valence-corrected chi connectivity index (χ1v) is 5.11. The zero-order valence-electron chi connectivity index (χ0n) is 9.32. The van der Waals surface area contributed by atoms with Gasteiger partial charge < -0.3 is 14.8 Å². The molecule has 2 aromatic rings. The van der Waals surface area contributed by atoms with Crippen molar-refractivity contribution in [2.75, 3.05) is 7.05 Å². The van der Waals surface area contributed by atoms with Crippen molar-refractivity contribution in [3.05, 3.63) is 35.7 Å². The van der Waals surface area contributed by atoms with E-state index in [0.717, 1.165) is 17.0 Å². The second kappa shape index (κ2) is 4.37. The Morgan fingerprint density at radius 3 is 2.62 bits per heavy atom. The molecule has 2 rings (SSSR count). The lowest BCUT2D eigenvalue weighted by atomic mass is 10.2. The SMILES string of the molecule is CNCc1oc(-c2ccc(O)cc2)nc1C. The summed E-state index contributed by atoms with van der Waals surface area (Å²) in [6.07, 6.45) is 0. The Morgan fingerprint density at radius 2 is 2.00 bits per heavy atom. The van der Waals surface area contributed by atoms with Crippen molar-refractivity contribution in [2.45, 2.75) is 13.5 Å². The fourth-order valence-corrected chi connectivity index (χ4v) is 1.48. The molecule has 0 amide bonds. The molecule has 1 heterocycles. The van der Waals surface area contributed by atoms with Crippen LogP contribution in [0.15, 0.2) is 28.7 Å². The highest BCUT2D eigenvalue weighted by atomic mass is 16.4. The fourth-order valence-electron chi connectivity index (χ4n) is 1.48. The van der Waals surface area contributed by atoms with E-state index >= 15 is 0 Å². The summed E-state index contributed by atoms with van der Waals surface area (Å²) in [5.74, 6) is 1.66. The van der Waals surface area contributed by atoms with Gasteiger partial charge in [0.05, 0.1) is 12.2 Å². The van der Waals surface area contributed by atoms with E-state index in [2.05, 4.69) is 10.3 Å². The molecule has 0 aliphatic rings. The van der Waals surface area contributed by atoms with Gasteiger partial charge in [-0.15, -0.1) is 0 Å². The van der Waals surface area contributed by atoms with Crippen LogP contribution >= 0.6 is 0 Å². The Bertz CT molecular complexity index is 474. The smallest absolute Gasteiger partial charge is 0.226 e. The number of hydrogen-bond acceptors (Lipinski definition) is 4. The molecule has 1 aromatic carbocycles. The van der Waals surface area contributed by atoms with Crippen LogP contribution in [0.2, 0.25) is 0 Å². The molecule has 1 aromatic heterocycles. The van der Waals surface area contributed by atoms with Gasteiger partial charge in [-0.3, -0.25) is 0 Å². The summed E-state index contributed by atoms with van der Waals surface area (Å²) in [6.45, 7) is 2.58. The van der Waals surface area contributed by atoms with Gasteiger partial charge >= 0.3 is 0 Å². The first-order valence-electron chi connectivity index (χ1n) is 5.11. The monoisotopic (exact) mass is 218 g/mol. The van der Waals surface area contributed by atoms with Gasteiger partial charge in [0.15, 0.2) is 0 Å². The highest BCUT2D eigenvalue weighted by Gasteiger charge is 2.10. The van der Waals surface area contributed by atoms with Crippen LogP contribution in [-0.4, -0.2) is 17.1 Å². The van der Waals surface area contributed by atoms with Gasteiger partial charge in [0, 0.05) is 5.56 Å². The summed E-state index contributed by atoms with van der Waals surface area (Å²) < 4.78 is 5.63. The molecule has 84 valence electrons. The van der Waals surface area contributed by atoms with Gasteiger partial charge in [-0.2, -0.15) is 0 Å². The minimum atomic E-state index is 0.238. The van der Waals surface area contributed by atoms with Gasteiger partial charge in [-0.1, -0.05) is 0 Å². The molecule has 0 saturated carbocycles. The van der Waals surface area contributed by atoms with Gasteiger partial charge in [0.1, 0.15) is 11.5 Å². The minimum Gasteiger partial charge on any atom is -0.508 e. The standard InChI is InChI=1S/C12H14N2O2/c1-8-11(7-13-2)16-12(14-8)9-3-5-10(15)6-4-9/h3-6,13,15H,7H2,1-2H3. The lowest BCUT2D eigenvalue weighted by Gasteiger charge is -1.96. The first-order chi connectivity index (χ1) is 7.70. The largest absolute Gasteiger partial charge is 0.508 e. The molecule has 0 radical (unpaired) electrons. The van der Waals surface area contributed by atoms with Crippen LogP contribution < -0.4 is 5.32 Å². The molecular formula is C12H14N2O2. The highest BCUT2D eigenvalue weighted by Crippen LogP contribution is 2.23. The number of aromatic nitrogens is 1. The van der Waals surface area contributed by atoms with E-state index in [1.807, 2.05) is 14.0 Å². The van der Waals surface area contributed by atoms with Crippen LogP contribution in [0.3, 0.4) is 0 Å². The topological polar surface area (TPSA) is 58.3 Å². The molecule has 0 saturated heterocycles. The summed E-state index contributed by atoms with van der Waals surface area (Å²) in [5.41, 5.74) is 1.75. The minimum absolute atomic E-state index is 0.238. The van der Waals surface area contributed by atoms with Crippen molar-refractivity contribution in [3.8, 4) is 17.2 Å². The summed E-state index contributed by atoms with van der Waals surface area (Å²) in [4.78, 5) is 4.34. The molecule has 0 bridgehead atoms. The predicted molar refractivity (Wildman–Crippen MR) is 61.1 cm³/mol. The third-order valence-electron chi connectivity index (χ3n) is 2.34. The first kappa shape index (κ1) is 10.7. The number of nitrogens with one attached hydrogen (secondary N) is 1. The molecule has 0 aliphatic heterocycles. The van der Waals surface area contributed by atoms with Crippen molar-refractivity contribution < 1.29 is 9.52 Å². The molecule has 16 heavy (non-hydrogen) atoms. The van der Waals surface area contributed by atoms with E-state index in [9.17, 15) is 5.11 Å². The van der Waals surface area contributed by atoms with Crippen molar-refractivity contribution in [2.24, 2.45) is 0 Å². The molecule has 0 atom stereocenters. The number of oxazole rings is 1. The van der Waals surface area contributed by atoms with Crippen LogP contribution in [0, 0.1) is 6.92 Å². The Balaban J connectivity index is 2.33. The molecule has 0 fully saturated rings. The average molecular weight is 218 g/mol. The maximum Gasteiger partial charge on any atom is 0.226 e. The van der Waals surface area contributed by atoms with Gasteiger partial charge in [-0.05, 0) is 38.2 Å².